The summed E-state index contributed by atoms with van der Waals surface area (Å²) >= 11 is 1.63. The number of methoxy groups -OCH3 is 1. The average Bonchev–Trinajstić information content (AvgIpc) is 3.31. The Labute approximate surface area is 207 Å². The molecule has 0 fully saturated rings. The molecule has 0 atom stereocenters. The Morgan fingerprint density at radius 1 is 1.14 bits per heavy atom. The van der Waals surface area contributed by atoms with Crippen LogP contribution < -0.4 is 10.3 Å². The van der Waals surface area contributed by atoms with Gasteiger partial charge in [-0.2, -0.15) is 11.3 Å². The second-order valence-corrected chi connectivity index (χ2v) is 9.34. The zero-order valence-corrected chi connectivity index (χ0v) is 20.4. The predicted molar refractivity (Wildman–Crippen MR) is 136 cm³/mol. The summed E-state index contributed by atoms with van der Waals surface area (Å²) in [5, 5.41) is 5.19. The molecule has 0 aliphatic carbocycles. The van der Waals surface area contributed by atoms with E-state index in [1.807, 2.05) is 29.8 Å². The minimum atomic E-state index is -0.481. The van der Waals surface area contributed by atoms with Crippen LogP contribution in [0, 0.1) is 0 Å². The van der Waals surface area contributed by atoms with Crippen molar-refractivity contribution in [3.63, 3.8) is 0 Å². The number of para-hydroxylation sites is 1. The summed E-state index contributed by atoms with van der Waals surface area (Å²) in [6, 6.07) is 13.7. The zero-order chi connectivity index (χ0) is 24.2. The van der Waals surface area contributed by atoms with Crippen LogP contribution in [0.15, 0.2) is 64.2 Å². The topological polar surface area (TPSA) is 73.7 Å². The first-order valence-electron chi connectivity index (χ1n) is 11.7. The number of fused-ring (bicyclic) bond motifs is 2. The van der Waals surface area contributed by atoms with Crippen molar-refractivity contribution in [2.75, 3.05) is 26.8 Å². The van der Waals surface area contributed by atoms with Crippen LogP contribution in [0.25, 0.3) is 10.9 Å². The molecule has 0 radical (unpaired) electrons. The molecule has 180 valence electrons. The summed E-state index contributed by atoms with van der Waals surface area (Å²) in [7, 11) is 1.36. The zero-order valence-electron chi connectivity index (χ0n) is 19.6. The van der Waals surface area contributed by atoms with E-state index in [9.17, 15) is 9.59 Å². The standard InChI is InChI=1S/C27H27N3O4S/c1-33-27(32)25-22-7-11-29(17-21-5-2-4-20-6-3-10-28-26(20)21)12-13-30(22)24(31)16-23(25)34-14-8-19-9-15-35-18-19/h2-6,9-10,15-16,18H,7-8,11-14,17H2,1H3. The number of rotatable bonds is 7. The fourth-order valence-corrected chi connectivity index (χ4v) is 5.34. The molecule has 0 amide bonds. The van der Waals surface area contributed by atoms with Gasteiger partial charge in [-0.1, -0.05) is 24.3 Å². The molecule has 0 saturated heterocycles. The summed E-state index contributed by atoms with van der Waals surface area (Å²) in [5.74, 6) is -0.180. The van der Waals surface area contributed by atoms with Crippen molar-refractivity contribution in [3.05, 3.63) is 92.2 Å². The van der Waals surface area contributed by atoms with Crippen molar-refractivity contribution in [1.82, 2.24) is 14.5 Å². The molecule has 1 aliphatic rings. The molecule has 35 heavy (non-hydrogen) atoms. The van der Waals surface area contributed by atoms with Gasteiger partial charge in [-0.3, -0.25) is 14.7 Å². The van der Waals surface area contributed by atoms with E-state index in [1.165, 1.54) is 18.7 Å². The van der Waals surface area contributed by atoms with Crippen molar-refractivity contribution in [2.45, 2.75) is 25.9 Å². The van der Waals surface area contributed by atoms with Crippen molar-refractivity contribution in [2.24, 2.45) is 0 Å². The van der Waals surface area contributed by atoms with E-state index in [0.29, 0.717) is 62.6 Å². The van der Waals surface area contributed by atoms with E-state index < -0.39 is 5.97 Å². The Hall–Kier alpha value is -3.49. The summed E-state index contributed by atoms with van der Waals surface area (Å²) in [5.41, 5.74) is 4.17. The molecular weight excluding hydrogens is 462 g/mol. The van der Waals surface area contributed by atoms with E-state index in [-0.39, 0.29) is 5.56 Å². The Morgan fingerprint density at radius 2 is 2.03 bits per heavy atom. The predicted octanol–water partition coefficient (Wildman–Crippen LogP) is 3.92. The van der Waals surface area contributed by atoms with E-state index >= 15 is 0 Å². The third-order valence-corrected chi connectivity index (χ3v) is 7.15. The van der Waals surface area contributed by atoms with Gasteiger partial charge in [-0.05, 0) is 34.0 Å². The van der Waals surface area contributed by atoms with E-state index in [1.54, 1.807) is 15.9 Å². The second kappa shape index (κ2) is 10.4. The first-order chi connectivity index (χ1) is 17.1. The molecule has 0 unspecified atom stereocenters. The maximum absolute atomic E-state index is 13.0. The third-order valence-electron chi connectivity index (χ3n) is 6.41. The molecule has 8 heteroatoms. The Bertz CT molecular complexity index is 1390. The number of benzene rings is 1. The van der Waals surface area contributed by atoms with E-state index in [2.05, 4.69) is 33.5 Å². The van der Waals surface area contributed by atoms with Gasteiger partial charge in [-0.25, -0.2) is 4.79 Å². The number of hydrogen-bond donors (Lipinski definition) is 0. The second-order valence-electron chi connectivity index (χ2n) is 8.56. The van der Waals surface area contributed by atoms with Gasteiger partial charge >= 0.3 is 5.97 Å². The van der Waals surface area contributed by atoms with Crippen LogP contribution in [0.5, 0.6) is 5.75 Å². The number of carbonyl (C=O) groups excluding carboxylic acids is 1. The normalized spacial score (nSPS) is 13.9. The fraction of sp³-hybridized carbons (Fsp3) is 0.296. The average molecular weight is 490 g/mol. The van der Waals surface area contributed by atoms with Crippen molar-refractivity contribution >= 4 is 28.2 Å². The molecule has 0 N–H and O–H groups in total. The van der Waals surface area contributed by atoms with Crippen molar-refractivity contribution < 1.29 is 14.3 Å². The number of pyridine rings is 2. The molecule has 0 spiro atoms. The number of ether oxygens (including phenoxy) is 2. The molecule has 0 bridgehead atoms. The quantitative estimate of drug-likeness (QED) is 0.367. The van der Waals surface area contributed by atoms with Gasteiger partial charge < -0.3 is 14.0 Å². The van der Waals surface area contributed by atoms with Crippen LogP contribution in [0.4, 0.5) is 0 Å². The first kappa shape index (κ1) is 23.3. The maximum Gasteiger partial charge on any atom is 0.343 e. The van der Waals surface area contributed by atoms with Gasteiger partial charge in [-0.15, -0.1) is 0 Å². The van der Waals surface area contributed by atoms with Gasteiger partial charge in [0, 0.05) is 62.4 Å². The molecule has 7 nitrogen and oxygen atoms in total. The number of carbonyl (C=O) groups is 1. The molecule has 4 aromatic rings. The lowest BCUT2D eigenvalue weighted by Crippen LogP contribution is -2.29. The molecule has 1 aliphatic heterocycles. The highest BCUT2D eigenvalue weighted by atomic mass is 32.1. The number of thiophene rings is 1. The molecule has 5 rings (SSSR count). The van der Waals surface area contributed by atoms with Crippen molar-refractivity contribution in [1.29, 1.82) is 0 Å². The molecule has 3 aromatic heterocycles. The molecule has 4 heterocycles. The summed E-state index contributed by atoms with van der Waals surface area (Å²) in [4.78, 5) is 32.7. The van der Waals surface area contributed by atoms with Gasteiger partial charge in [0.05, 0.1) is 19.2 Å². The largest absolute Gasteiger partial charge is 0.492 e. The third kappa shape index (κ3) is 4.99. The lowest BCUT2D eigenvalue weighted by Gasteiger charge is -2.20. The highest BCUT2D eigenvalue weighted by Gasteiger charge is 2.26. The Morgan fingerprint density at radius 3 is 2.86 bits per heavy atom. The minimum Gasteiger partial charge on any atom is -0.492 e. The van der Waals surface area contributed by atoms with Crippen LogP contribution in [0.1, 0.15) is 27.2 Å². The maximum atomic E-state index is 13.0. The molecule has 0 saturated carbocycles. The molecular formula is C27H27N3O4S. The number of hydrogen-bond acceptors (Lipinski definition) is 7. The highest BCUT2D eigenvalue weighted by molar-refractivity contribution is 7.07. The summed E-state index contributed by atoms with van der Waals surface area (Å²) in [6.07, 6.45) is 3.06. The van der Waals surface area contributed by atoms with E-state index in [0.717, 1.165) is 16.5 Å². The SMILES string of the molecule is COC(=O)c1c(OCCc2ccsc2)cc(=O)n2c1CCN(Cc1cccc3cccnc13)CC2. The number of aromatic nitrogens is 2. The van der Waals surface area contributed by atoms with Crippen molar-refractivity contribution in [3.8, 4) is 5.75 Å². The Kier molecular flexibility index (Phi) is 6.92. The van der Waals surface area contributed by atoms with Gasteiger partial charge in [0.15, 0.2) is 0 Å². The minimum absolute atomic E-state index is 0.160. The van der Waals surface area contributed by atoms with Crippen LogP contribution in [0.3, 0.4) is 0 Å². The van der Waals surface area contributed by atoms with Gasteiger partial charge in [0.25, 0.3) is 5.56 Å². The van der Waals surface area contributed by atoms with Crippen LogP contribution in [-0.4, -0.2) is 47.2 Å². The van der Waals surface area contributed by atoms with Gasteiger partial charge in [0.1, 0.15) is 11.3 Å². The first-order valence-corrected chi connectivity index (χ1v) is 12.6. The van der Waals surface area contributed by atoms with Crippen LogP contribution >= 0.6 is 11.3 Å². The summed E-state index contributed by atoms with van der Waals surface area (Å²) < 4.78 is 12.7. The van der Waals surface area contributed by atoms with Gasteiger partial charge in [0.2, 0.25) is 0 Å². The fourth-order valence-electron chi connectivity index (χ4n) is 4.64. The van der Waals surface area contributed by atoms with Crippen LogP contribution in [-0.2, 0) is 30.7 Å². The van der Waals surface area contributed by atoms with E-state index in [4.69, 9.17) is 9.47 Å². The smallest absolute Gasteiger partial charge is 0.343 e. The Balaban J connectivity index is 1.39. The summed E-state index contributed by atoms with van der Waals surface area (Å²) in [6.45, 7) is 2.98. The van der Waals surface area contributed by atoms with Crippen LogP contribution in [0.2, 0.25) is 0 Å². The lowest BCUT2D eigenvalue weighted by molar-refractivity contribution is 0.0593. The number of nitrogens with zero attached hydrogens (tertiary/aromatic N) is 3. The highest BCUT2D eigenvalue weighted by Crippen LogP contribution is 2.25. The monoisotopic (exact) mass is 489 g/mol. The number of esters is 1. The lowest BCUT2D eigenvalue weighted by atomic mass is 10.1. The molecule has 1 aromatic carbocycles.